The van der Waals surface area contributed by atoms with Crippen LogP contribution < -0.4 is 0 Å². The van der Waals surface area contributed by atoms with E-state index in [0.29, 0.717) is 0 Å². The van der Waals surface area contributed by atoms with Crippen LogP contribution in [-0.2, 0) is 29.3 Å². The average molecular weight is 1230 g/mol. The maximum atomic E-state index is 5.44. The number of rotatable bonds is 68. The van der Waals surface area contributed by atoms with Crippen molar-refractivity contribution in [3.8, 4) is 0 Å². The molecule has 2 aromatic carbocycles. The molecule has 0 fully saturated rings. The summed E-state index contributed by atoms with van der Waals surface area (Å²) in [7, 11) is 0. The predicted octanol–water partition coefficient (Wildman–Crippen LogP) is 30.3. The van der Waals surface area contributed by atoms with Crippen LogP contribution in [0.15, 0.2) is 58.5 Å². The topological polar surface area (TPSA) is 24.7 Å². The van der Waals surface area contributed by atoms with Gasteiger partial charge >= 0.3 is 0 Å². The molecule has 86 heavy (non-hydrogen) atoms. The molecule has 0 spiro atoms. The summed E-state index contributed by atoms with van der Waals surface area (Å²) in [5, 5.41) is 0. The monoisotopic (exact) mass is 1230 g/mol. The Hall–Kier alpha value is -1.73. The van der Waals surface area contributed by atoms with Crippen molar-refractivity contribution in [3.05, 3.63) is 59.7 Å². The van der Waals surface area contributed by atoms with Crippen LogP contribution in [0.25, 0.3) is 0 Å². The van der Waals surface area contributed by atoms with E-state index in [0.717, 1.165) is 43.5 Å². The minimum absolute atomic E-state index is 0. The molecule has 0 unspecified atom stereocenters. The summed E-state index contributed by atoms with van der Waals surface area (Å²) < 4.78 is 0. The third-order valence-corrected chi connectivity index (χ3v) is 19.1. The first-order valence-corrected chi connectivity index (χ1v) is 39.5. The molecule has 0 N–H and O–H groups in total. The molecule has 0 saturated carbocycles. The third-order valence-electron chi connectivity index (χ3n) is 19.1. The Kier molecular flexibility index (Phi) is 64.7. The van der Waals surface area contributed by atoms with Gasteiger partial charge in [0.15, 0.2) is 0 Å². The molecule has 0 saturated heterocycles. The van der Waals surface area contributed by atoms with Crippen LogP contribution in [0.3, 0.4) is 0 Å². The molecule has 2 nitrogen and oxygen atoms in total. The van der Waals surface area contributed by atoms with Crippen LogP contribution in [-0.4, -0.2) is 11.4 Å². The molecule has 3 heteroatoms. The number of hydrogen-bond donors (Lipinski definition) is 0. The minimum atomic E-state index is 0. The summed E-state index contributed by atoms with van der Waals surface area (Å²) in [5.74, 6) is 0. The van der Waals surface area contributed by atoms with E-state index in [2.05, 4.69) is 76.2 Å². The Morgan fingerprint density at radius 1 is 0.221 bits per heavy atom. The summed E-state index contributed by atoms with van der Waals surface area (Å²) in [4.78, 5) is 10.9. The van der Waals surface area contributed by atoms with E-state index < -0.39 is 0 Å². The normalized spacial score (nSPS) is 12.0. The van der Waals surface area contributed by atoms with Gasteiger partial charge in [0.2, 0.25) is 0 Å². The van der Waals surface area contributed by atoms with Crippen LogP contribution in [0, 0.1) is 0 Å². The third kappa shape index (κ3) is 55.1. The molecule has 2 rings (SSSR count). The fourth-order valence-corrected chi connectivity index (χ4v) is 13.3. The Morgan fingerprint density at radius 2 is 0.407 bits per heavy atom. The minimum Gasteiger partial charge on any atom is -0.252 e. The summed E-state index contributed by atoms with van der Waals surface area (Å²) in [6, 6.07) is 18.4. The van der Waals surface area contributed by atoms with E-state index in [1.807, 2.05) is 0 Å². The summed E-state index contributed by atoms with van der Waals surface area (Å²) in [5.41, 5.74) is 7.56. The van der Waals surface area contributed by atoms with E-state index in [1.54, 1.807) is 0 Å². The molecular formula is C83H150N2Ni. The van der Waals surface area contributed by atoms with Gasteiger partial charge in [0.25, 0.3) is 0 Å². The number of aryl methyl sites for hydroxylation is 2. The second-order valence-corrected chi connectivity index (χ2v) is 27.6. The number of nitrogens with zero attached hydrogens (tertiary/aromatic N) is 2. The van der Waals surface area contributed by atoms with Crippen LogP contribution >= 0.6 is 0 Å². The molecule has 0 aliphatic heterocycles. The molecule has 0 radical (unpaired) electrons. The van der Waals surface area contributed by atoms with Crippen LogP contribution in [0.1, 0.15) is 443 Å². The first-order chi connectivity index (χ1) is 42.2. The molecule has 0 amide bonds. The fraction of sp³-hybridized carbons (Fsp3) is 0.831. The molecule has 0 aliphatic carbocycles. The maximum absolute atomic E-state index is 5.44. The van der Waals surface area contributed by atoms with Gasteiger partial charge in [-0.05, 0) is 86.8 Å². The van der Waals surface area contributed by atoms with Crippen molar-refractivity contribution in [2.75, 3.05) is 0 Å². The standard InChI is InChI=1S/C83H150N2.Ni/c1-5-9-13-15-17-19-21-23-25-27-29-31-33-35-37-39-41-43-45-47-49-51-53-55-57-59-61-64-68-78-70-66-72-80(76-78)84-82(74-12-8-4)83(75-63-11-7-3)85-81-73-67-71-79(77-81)69-65-62-60-58-56-54-52-50-48-46-44-42-40-38-36-34-32-30-28-26-24-22-20-18-16-14-10-6-2;/h66-67,70-73,76-77H,5-65,68-69,74-75H2,1-4H3;/b84-82-,85-83+;. The quantitative estimate of drug-likeness (QED) is 0.0358. The van der Waals surface area contributed by atoms with Gasteiger partial charge in [-0.1, -0.05) is 418 Å². The van der Waals surface area contributed by atoms with E-state index in [4.69, 9.17) is 9.98 Å². The van der Waals surface area contributed by atoms with Crippen molar-refractivity contribution in [1.82, 2.24) is 0 Å². The van der Waals surface area contributed by atoms with Gasteiger partial charge in [0, 0.05) is 16.5 Å². The van der Waals surface area contributed by atoms with Crippen LogP contribution in [0.2, 0.25) is 0 Å². The van der Waals surface area contributed by atoms with E-state index in [-0.39, 0.29) is 16.5 Å². The maximum Gasteiger partial charge on any atom is 0.0636 e. The molecule has 0 aromatic heterocycles. The van der Waals surface area contributed by atoms with Gasteiger partial charge in [-0.25, -0.2) is 0 Å². The van der Waals surface area contributed by atoms with E-state index in [1.165, 1.54) is 408 Å². The molecule has 2 aromatic rings. The first kappa shape index (κ1) is 82.3. The van der Waals surface area contributed by atoms with Crippen LogP contribution in [0.5, 0.6) is 0 Å². The van der Waals surface area contributed by atoms with Crippen LogP contribution in [0.4, 0.5) is 11.4 Å². The largest absolute Gasteiger partial charge is 0.252 e. The summed E-state index contributed by atoms with van der Waals surface area (Å²) >= 11 is 0. The van der Waals surface area contributed by atoms with Gasteiger partial charge < -0.3 is 0 Å². The van der Waals surface area contributed by atoms with Crippen molar-refractivity contribution < 1.29 is 16.5 Å². The predicted molar refractivity (Wildman–Crippen MR) is 388 cm³/mol. The Bertz CT molecular complexity index is 1710. The Labute approximate surface area is 550 Å². The Morgan fingerprint density at radius 3 is 0.628 bits per heavy atom. The number of aliphatic imine (C=N–C) groups is 2. The van der Waals surface area contributed by atoms with Crippen molar-refractivity contribution >= 4 is 22.8 Å². The second kappa shape index (κ2) is 67.7. The van der Waals surface area contributed by atoms with Crippen molar-refractivity contribution in [3.63, 3.8) is 0 Å². The molecule has 0 heterocycles. The summed E-state index contributed by atoms with van der Waals surface area (Å²) in [6.45, 7) is 9.25. The molecule has 502 valence electrons. The zero-order chi connectivity index (χ0) is 60.5. The van der Waals surface area contributed by atoms with Gasteiger partial charge in [0.1, 0.15) is 0 Å². The second-order valence-electron chi connectivity index (χ2n) is 27.6. The van der Waals surface area contributed by atoms with Gasteiger partial charge in [-0.2, -0.15) is 0 Å². The van der Waals surface area contributed by atoms with Crippen molar-refractivity contribution in [2.24, 2.45) is 9.98 Å². The molecular weight excluding hydrogens is 1080 g/mol. The first-order valence-electron chi connectivity index (χ1n) is 39.5. The fourth-order valence-electron chi connectivity index (χ4n) is 13.3. The number of hydrogen-bond acceptors (Lipinski definition) is 2. The van der Waals surface area contributed by atoms with E-state index >= 15 is 0 Å². The zero-order valence-corrected chi connectivity index (χ0v) is 59.8. The number of benzene rings is 2. The Balaban J connectivity index is 0.0000370. The number of unbranched alkanes of at least 4 members (excludes halogenated alkanes) is 57. The SMILES string of the molecule is CCCCCCCCCCCCCCCCCCCCCCCCCCCCCCc1cccc(/N=C(CCCC)\C(CCCCC)=N\c2cccc(CCCCCCCCCCCCCCCCCCCCCCCCCCCCCC)c2)c1.[Ni]. The van der Waals surface area contributed by atoms with E-state index in [9.17, 15) is 0 Å². The van der Waals surface area contributed by atoms with Crippen molar-refractivity contribution in [2.45, 2.75) is 445 Å². The molecule has 0 aliphatic rings. The average Bonchev–Trinajstić information content (AvgIpc) is 3.71. The molecule has 0 bridgehead atoms. The van der Waals surface area contributed by atoms with Gasteiger partial charge in [-0.3, -0.25) is 9.98 Å². The molecule has 0 atom stereocenters. The van der Waals surface area contributed by atoms with Gasteiger partial charge in [-0.15, -0.1) is 0 Å². The summed E-state index contributed by atoms with van der Waals surface area (Å²) in [6.07, 6.45) is 91.5. The van der Waals surface area contributed by atoms with Crippen molar-refractivity contribution in [1.29, 1.82) is 0 Å². The smallest absolute Gasteiger partial charge is 0.0636 e. The van der Waals surface area contributed by atoms with Gasteiger partial charge in [0.05, 0.1) is 22.8 Å². The zero-order valence-electron chi connectivity index (χ0n) is 58.8.